The Morgan fingerprint density at radius 1 is 1.46 bits per heavy atom. The van der Waals surface area contributed by atoms with E-state index in [0.717, 1.165) is 12.3 Å². The van der Waals surface area contributed by atoms with Crippen LogP contribution < -0.4 is 5.73 Å². The monoisotopic (exact) mass is 197 g/mol. The number of rotatable bonds is 4. The van der Waals surface area contributed by atoms with Gasteiger partial charge in [-0.1, -0.05) is 20.3 Å². The van der Waals surface area contributed by atoms with Crippen LogP contribution >= 0.6 is 11.3 Å². The Morgan fingerprint density at radius 3 is 2.62 bits per heavy atom. The van der Waals surface area contributed by atoms with Crippen molar-refractivity contribution in [2.75, 3.05) is 0 Å². The summed E-state index contributed by atoms with van der Waals surface area (Å²) >= 11 is 1.75. The molecular formula is C11H19NS. The zero-order valence-corrected chi connectivity index (χ0v) is 9.53. The summed E-state index contributed by atoms with van der Waals surface area (Å²) in [6, 6.07) is 0.237. The van der Waals surface area contributed by atoms with Gasteiger partial charge in [-0.15, -0.1) is 0 Å². The summed E-state index contributed by atoms with van der Waals surface area (Å²) in [5, 5.41) is 4.36. The fraction of sp³-hybridized carbons (Fsp3) is 0.636. The summed E-state index contributed by atoms with van der Waals surface area (Å²) in [7, 11) is 0. The normalized spacial score (nSPS) is 15.7. The van der Waals surface area contributed by atoms with Crippen molar-refractivity contribution in [1.82, 2.24) is 0 Å². The highest BCUT2D eigenvalue weighted by Crippen LogP contribution is 2.25. The molecule has 1 rings (SSSR count). The van der Waals surface area contributed by atoms with E-state index in [1.807, 2.05) is 0 Å². The second-order valence-corrected chi connectivity index (χ2v) is 4.61. The van der Waals surface area contributed by atoms with E-state index in [1.54, 1.807) is 11.3 Å². The lowest BCUT2D eigenvalue weighted by Gasteiger charge is -2.15. The summed E-state index contributed by atoms with van der Waals surface area (Å²) < 4.78 is 0. The first kappa shape index (κ1) is 10.7. The predicted octanol–water partition coefficient (Wildman–Crippen LogP) is 3.49. The third-order valence-corrected chi connectivity index (χ3v) is 3.53. The highest BCUT2D eigenvalue weighted by Gasteiger charge is 2.12. The van der Waals surface area contributed by atoms with Gasteiger partial charge in [0.2, 0.25) is 0 Å². The predicted molar refractivity (Wildman–Crippen MR) is 60.1 cm³/mol. The zero-order chi connectivity index (χ0) is 9.84. The van der Waals surface area contributed by atoms with Gasteiger partial charge in [0.1, 0.15) is 0 Å². The van der Waals surface area contributed by atoms with Crippen LogP contribution in [0.15, 0.2) is 10.8 Å². The number of nitrogens with two attached hydrogens (primary N) is 1. The lowest BCUT2D eigenvalue weighted by atomic mass is 9.95. The first-order valence-corrected chi connectivity index (χ1v) is 5.87. The highest BCUT2D eigenvalue weighted by atomic mass is 32.1. The first-order chi connectivity index (χ1) is 6.15. The molecule has 0 amide bonds. The van der Waals surface area contributed by atoms with E-state index in [2.05, 4.69) is 31.5 Å². The molecular weight excluding hydrogens is 178 g/mol. The summed E-state index contributed by atoms with van der Waals surface area (Å²) in [5.41, 5.74) is 8.81. The maximum atomic E-state index is 6.12. The van der Waals surface area contributed by atoms with Crippen molar-refractivity contribution < 1.29 is 0 Å². The van der Waals surface area contributed by atoms with Gasteiger partial charge in [-0.05, 0) is 41.1 Å². The number of thiophene rings is 1. The fourth-order valence-electron chi connectivity index (χ4n) is 1.48. The van der Waals surface area contributed by atoms with Crippen LogP contribution in [0.3, 0.4) is 0 Å². The van der Waals surface area contributed by atoms with Crippen molar-refractivity contribution in [3.8, 4) is 0 Å². The standard InChI is InChI=1S/C11H19NS/c1-4-8(2)5-11(12)10-7-13-6-9(10)3/h6-8,11H,4-5,12H2,1-3H3. The van der Waals surface area contributed by atoms with Crippen LogP contribution in [0.1, 0.15) is 43.9 Å². The van der Waals surface area contributed by atoms with Crippen molar-refractivity contribution in [2.24, 2.45) is 11.7 Å². The fourth-order valence-corrected chi connectivity index (χ4v) is 2.39. The molecule has 1 heterocycles. The molecule has 1 nitrogen and oxygen atoms in total. The number of hydrogen-bond acceptors (Lipinski definition) is 2. The molecule has 0 saturated heterocycles. The Kier molecular flexibility index (Phi) is 3.94. The molecule has 0 saturated carbocycles. The Labute approximate surface area is 85.0 Å². The molecule has 2 N–H and O–H groups in total. The van der Waals surface area contributed by atoms with Gasteiger partial charge < -0.3 is 5.73 Å². The maximum absolute atomic E-state index is 6.12. The van der Waals surface area contributed by atoms with Gasteiger partial charge in [0.05, 0.1) is 0 Å². The minimum absolute atomic E-state index is 0.237. The van der Waals surface area contributed by atoms with Crippen LogP contribution in [0.2, 0.25) is 0 Å². The molecule has 0 radical (unpaired) electrons. The summed E-state index contributed by atoms with van der Waals surface area (Å²) in [6.07, 6.45) is 2.32. The van der Waals surface area contributed by atoms with Crippen LogP contribution in [-0.4, -0.2) is 0 Å². The van der Waals surface area contributed by atoms with E-state index in [1.165, 1.54) is 17.5 Å². The van der Waals surface area contributed by atoms with Gasteiger partial charge in [-0.3, -0.25) is 0 Å². The van der Waals surface area contributed by atoms with E-state index < -0.39 is 0 Å². The molecule has 0 aliphatic rings. The quantitative estimate of drug-likeness (QED) is 0.785. The average Bonchev–Trinajstić information content (AvgIpc) is 2.51. The summed E-state index contributed by atoms with van der Waals surface area (Å²) in [5.74, 6) is 0.731. The third kappa shape index (κ3) is 2.82. The molecule has 2 atom stereocenters. The molecule has 0 spiro atoms. The van der Waals surface area contributed by atoms with Crippen LogP contribution in [-0.2, 0) is 0 Å². The molecule has 0 fully saturated rings. The Balaban J connectivity index is 2.58. The largest absolute Gasteiger partial charge is 0.324 e. The van der Waals surface area contributed by atoms with Gasteiger partial charge in [0.25, 0.3) is 0 Å². The van der Waals surface area contributed by atoms with Crippen molar-refractivity contribution in [3.05, 3.63) is 21.9 Å². The first-order valence-electron chi connectivity index (χ1n) is 4.93. The second kappa shape index (κ2) is 4.77. The van der Waals surface area contributed by atoms with E-state index in [-0.39, 0.29) is 6.04 Å². The second-order valence-electron chi connectivity index (χ2n) is 3.87. The Morgan fingerprint density at radius 2 is 2.15 bits per heavy atom. The molecule has 13 heavy (non-hydrogen) atoms. The summed E-state index contributed by atoms with van der Waals surface area (Å²) in [4.78, 5) is 0. The van der Waals surface area contributed by atoms with Crippen LogP contribution in [0.5, 0.6) is 0 Å². The van der Waals surface area contributed by atoms with E-state index in [9.17, 15) is 0 Å². The third-order valence-electron chi connectivity index (χ3n) is 2.65. The van der Waals surface area contributed by atoms with Gasteiger partial charge >= 0.3 is 0 Å². The van der Waals surface area contributed by atoms with Crippen LogP contribution in [0, 0.1) is 12.8 Å². The Bertz CT molecular complexity index is 254. The van der Waals surface area contributed by atoms with Crippen LogP contribution in [0.4, 0.5) is 0 Å². The molecule has 0 aliphatic heterocycles. The highest BCUT2D eigenvalue weighted by molar-refractivity contribution is 7.08. The number of hydrogen-bond donors (Lipinski definition) is 1. The minimum atomic E-state index is 0.237. The van der Waals surface area contributed by atoms with Crippen molar-refractivity contribution in [1.29, 1.82) is 0 Å². The smallest absolute Gasteiger partial charge is 0.0308 e. The van der Waals surface area contributed by atoms with Crippen LogP contribution in [0.25, 0.3) is 0 Å². The van der Waals surface area contributed by atoms with E-state index >= 15 is 0 Å². The molecule has 74 valence electrons. The molecule has 2 unspecified atom stereocenters. The maximum Gasteiger partial charge on any atom is 0.0308 e. The van der Waals surface area contributed by atoms with Crippen molar-refractivity contribution in [3.63, 3.8) is 0 Å². The molecule has 1 aromatic rings. The lowest BCUT2D eigenvalue weighted by Crippen LogP contribution is -2.13. The van der Waals surface area contributed by atoms with Crippen molar-refractivity contribution >= 4 is 11.3 Å². The van der Waals surface area contributed by atoms with Gasteiger partial charge in [0, 0.05) is 6.04 Å². The SMILES string of the molecule is CCC(C)CC(N)c1cscc1C. The van der Waals surface area contributed by atoms with Gasteiger partial charge in [-0.25, -0.2) is 0 Å². The minimum Gasteiger partial charge on any atom is -0.324 e. The zero-order valence-electron chi connectivity index (χ0n) is 8.71. The Hall–Kier alpha value is -0.340. The average molecular weight is 197 g/mol. The molecule has 0 bridgehead atoms. The van der Waals surface area contributed by atoms with Crippen molar-refractivity contribution in [2.45, 2.75) is 39.7 Å². The van der Waals surface area contributed by atoms with Gasteiger partial charge in [0.15, 0.2) is 0 Å². The van der Waals surface area contributed by atoms with E-state index in [0.29, 0.717) is 0 Å². The molecule has 0 aromatic carbocycles. The van der Waals surface area contributed by atoms with Gasteiger partial charge in [-0.2, -0.15) is 11.3 Å². The topological polar surface area (TPSA) is 26.0 Å². The van der Waals surface area contributed by atoms with E-state index in [4.69, 9.17) is 5.73 Å². The molecule has 0 aliphatic carbocycles. The number of aryl methyl sites for hydroxylation is 1. The summed E-state index contributed by atoms with van der Waals surface area (Å²) in [6.45, 7) is 6.63. The lowest BCUT2D eigenvalue weighted by molar-refractivity contribution is 0.461. The molecule has 2 heteroatoms. The molecule has 1 aromatic heterocycles.